The van der Waals surface area contributed by atoms with Gasteiger partial charge in [-0.1, -0.05) is 15.9 Å². The van der Waals surface area contributed by atoms with Gasteiger partial charge in [0.25, 0.3) is 0 Å². The first-order chi connectivity index (χ1) is 10.6. The van der Waals surface area contributed by atoms with Crippen LogP contribution in [0.5, 0.6) is 0 Å². The highest BCUT2D eigenvalue weighted by Gasteiger charge is 2.39. The molecule has 0 aliphatic carbocycles. The minimum Gasteiger partial charge on any atom is -0.273 e. The second-order valence-corrected chi connectivity index (χ2v) is 6.38. The molecule has 1 aromatic heterocycles. The number of rotatable bonds is 1. The Balaban J connectivity index is 1.76. The molecule has 2 aromatic rings. The molecule has 2 aliphatic rings. The number of benzene rings is 1. The maximum Gasteiger partial charge on any atom is 0.348 e. The summed E-state index contributed by atoms with van der Waals surface area (Å²) in [5.74, 6) is -0.607. The molecule has 3 heterocycles. The van der Waals surface area contributed by atoms with Gasteiger partial charge in [-0.2, -0.15) is 5.01 Å². The largest absolute Gasteiger partial charge is 0.348 e. The number of amides is 3. The molecule has 0 atom stereocenters. The Morgan fingerprint density at radius 2 is 1.73 bits per heavy atom. The Bertz CT molecular complexity index is 826. The van der Waals surface area contributed by atoms with Crippen LogP contribution in [-0.4, -0.2) is 32.4 Å². The maximum atomic E-state index is 12.7. The number of carbonyl (C=O) groups is 3. The molecular formula is C15H12BrN3O3. The van der Waals surface area contributed by atoms with Gasteiger partial charge in [0.2, 0.25) is 11.8 Å². The molecule has 0 unspecified atom stereocenters. The maximum absolute atomic E-state index is 12.7. The van der Waals surface area contributed by atoms with Crippen LogP contribution in [0.1, 0.15) is 25.0 Å². The minimum absolute atomic E-state index is 0.239. The van der Waals surface area contributed by atoms with Crippen molar-refractivity contribution in [3.05, 3.63) is 34.4 Å². The Hall–Kier alpha value is -2.15. The normalized spacial score (nSPS) is 18.5. The molecule has 7 heteroatoms. The SMILES string of the molecule is O=C1CCCC(=O)N1N1Cc2cc3cc(Br)ccc3n2C1=O. The van der Waals surface area contributed by atoms with Gasteiger partial charge in [0.05, 0.1) is 17.8 Å². The first kappa shape index (κ1) is 13.5. The van der Waals surface area contributed by atoms with Crippen molar-refractivity contribution >= 4 is 44.7 Å². The van der Waals surface area contributed by atoms with Crippen LogP contribution in [0.2, 0.25) is 0 Å². The molecule has 112 valence electrons. The highest BCUT2D eigenvalue weighted by atomic mass is 79.9. The summed E-state index contributed by atoms with van der Waals surface area (Å²) < 4.78 is 2.51. The highest BCUT2D eigenvalue weighted by molar-refractivity contribution is 9.10. The van der Waals surface area contributed by atoms with Crippen LogP contribution in [-0.2, 0) is 16.1 Å². The second kappa shape index (κ2) is 4.67. The van der Waals surface area contributed by atoms with E-state index in [1.165, 1.54) is 5.01 Å². The molecule has 22 heavy (non-hydrogen) atoms. The zero-order valence-corrected chi connectivity index (χ0v) is 13.2. The number of hydrazine groups is 1. The summed E-state index contributed by atoms with van der Waals surface area (Å²) in [6, 6.07) is 7.22. The van der Waals surface area contributed by atoms with Crippen LogP contribution < -0.4 is 0 Å². The lowest BCUT2D eigenvalue weighted by Gasteiger charge is -2.31. The van der Waals surface area contributed by atoms with Crippen molar-refractivity contribution < 1.29 is 14.4 Å². The monoisotopic (exact) mass is 361 g/mol. The molecule has 3 amide bonds. The van der Waals surface area contributed by atoms with Crippen LogP contribution in [0.25, 0.3) is 10.9 Å². The molecule has 4 rings (SSSR count). The summed E-state index contributed by atoms with van der Waals surface area (Å²) in [5.41, 5.74) is 1.56. The van der Waals surface area contributed by atoms with Crippen LogP contribution in [0, 0.1) is 0 Å². The van der Waals surface area contributed by atoms with E-state index in [-0.39, 0.29) is 24.4 Å². The molecule has 0 spiro atoms. The fourth-order valence-electron chi connectivity index (χ4n) is 3.09. The van der Waals surface area contributed by atoms with E-state index in [0.717, 1.165) is 26.1 Å². The predicted octanol–water partition coefficient (Wildman–Crippen LogP) is 2.64. The van der Waals surface area contributed by atoms with E-state index in [2.05, 4.69) is 15.9 Å². The van der Waals surface area contributed by atoms with Gasteiger partial charge in [0, 0.05) is 22.7 Å². The summed E-state index contributed by atoms with van der Waals surface area (Å²) in [7, 11) is 0. The number of aromatic nitrogens is 1. The summed E-state index contributed by atoms with van der Waals surface area (Å²) in [6.07, 6.45) is 1.16. The van der Waals surface area contributed by atoms with Crippen molar-refractivity contribution in [2.24, 2.45) is 0 Å². The zero-order chi connectivity index (χ0) is 15.4. The standard InChI is InChI=1S/C15H12BrN3O3/c16-10-4-5-12-9(6-10)7-11-8-17(15(22)18(11)12)19-13(20)2-1-3-14(19)21/h4-7H,1-3,8H2. The van der Waals surface area contributed by atoms with E-state index in [1.54, 1.807) is 4.57 Å². The topological polar surface area (TPSA) is 62.6 Å². The number of piperidine rings is 1. The predicted molar refractivity (Wildman–Crippen MR) is 81.7 cm³/mol. The summed E-state index contributed by atoms with van der Waals surface area (Å²) in [6.45, 7) is 0.239. The molecule has 1 aromatic carbocycles. The number of imide groups is 1. The fraction of sp³-hybridized carbons (Fsp3) is 0.267. The summed E-state index contributed by atoms with van der Waals surface area (Å²) in [5, 5.41) is 3.22. The number of hydrogen-bond donors (Lipinski definition) is 0. The van der Waals surface area contributed by atoms with Gasteiger partial charge in [-0.05, 0) is 30.7 Å². The van der Waals surface area contributed by atoms with Crippen molar-refractivity contribution in [3.8, 4) is 0 Å². The van der Waals surface area contributed by atoms with Gasteiger partial charge in [-0.3, -0.25) is 14.2 Å². The first-order valence-corrected chi connectivity index (χ1v) is 7.83. The van der Waals surface area contributed by atoms with Crippen LogP contribution in [0.4, 0.5) is 4.79 Å². The third-order valence-electron chi connectivity index (χ3n) is 4.06. The quantitative estimate of drug-likeness (QED) is 0.733. The third-order valence-corrected chi connectivity index (χ3v) is 4.55. The number of fused-ring (bicyclic) bond motifs is 3. The Labute approximate surface area is 134 Å². The number of hydrogen-bond acceptors (Lipinski definition) is 3. The van der Waals surface area contributed by atoms with Crippen molar-refractivity contribution in [2.45, 2.75) is 25.8 Å². The fourth-order valence-corrected chi connectivity index (χ4v) is 3.47. The Kier molecular flexibility index (Phi) is 2.87. The summed E-state index contributed by atoms with van der Waals surface area (Å²) >= 11 is 3.41. The Morgan fingerprint density at radius 1 is 1.00 bits per heavy atom. The van der Waals surface area contributed by atoms with E-state index < -0.39 is 0 Å². The minimum atomic E-state index is -0.351. The first-order valence-electron chi connectivity index (χ1n) is 7.04. The van der Waals surface area contributed by atoms with Crippen molar-refractivity contribution in [1.82, 2.24) is 14.6 Å². The number of halogens is 1. The zero-order valence-electron chi connectivity index (χ0n) is 11.6. The van der Waals surface area contributed by atoms with Gasteiger partial charge < -0.3 is 0 Å². The molecule has 0 saturated carbocycles. The highest BCUT2D eigenvalue weighted by Crippen LogP contribution is 2.30. The van der Waals surface area contributed by atoms with Crippen molar-refractivity contribution in [2.75, 3.05) is 0 Å². The molecule has 1 saturated heterocycles. The molecular weight excluding hydrogens is 350 g/mol. The van der Waals surface area contributed by atoms with E-state index in [4.69, 9.17) is 0 Å². The molecule has 0 N–H and O–H groups in total. The molecule has 2 aliphatic heterocycles. The second-order valence-electron chi connectivity index (χ2n) is 5.47. The lowest BCUT2D eigenvalue weighted by molar-refractivity contribution is -0.163. The van der Waals surface area contributed by atoms with Gasteiger partial charge in [0.1, 0.15) is 0 Å². The smallest absolute Gasteiger partial charge is 0.273 e. The van der Waals surface area contributed by atoms with Crippen LogP contribution >= 0.6 is 15.9 Å². The average molecular weight is 362 g/mol. The van der Waals surface area contributed by atoms with E-state index in [0.29, 0.717) is 19.3 Å². The summed E-state index contributed by atoms with van der Waals surface area (Å²) in [4.78, 5) is 36.7. The van der Waals surface area contributed by atoms with Gasteiger partial charge in [0.15, 0.2) is 0 Å². The lowest BCUT2D eigenvalue weighted by atomic mass is 10.1. The Morgan fingerprint density at radius 3 is 2.45 bits per heavy atom. The molecule has 0 bridgehead atoms. The van der Waals surface area contributed by atoms with Crippen LogP contribution in [0.3, 0.4) is 0 Å². The number of carbonyl (C=O) groups excluding carboxylic acids is 3. The van der Waals surface area contributed by atoms with E-state index in [1.807, 2.05) is 24.3 Å². The lowest BCUT2D eigenvalue weighted by Crippen LogP contribution is -2.52. The molecule has 0 radical (unpaired) electrons. The molecule has 6 nitrogen and oxygen atoms in total. The average Bonchev–Trinajstić information content (AvgIpc) is 2.96. The van der Waals surface area contributed by atoms with E-state index in [9.17, 15) is 14.4 Å². The van der Waals surface area contributed by atoms with Gasteiger partial charge in [-0.15, -0.1) is 0 Å². The van der Waals surface area contributed by atoms with Crippen molar-refractivity contribution in [1.29, 1.82) is 0 Å². The van der Waals surface area contributed by atoms with Gasteiger partial charge >= 0.3 is 6.03 Å². The van der Waals surface area contributed by atoms with E-state index >= 15 is 0 Å². The van der Waals surface area contributed by atoms with Crippen LogP contribution in [0.15, 0.2) is 28.7 Å². The van der Waals surface area contributed by atoms with Gasteiger partial charge in [-0.25, -0.2) is 9.80 Å². The van der Waals surface area contributed by atoms with Crippen molar-refractivity contribution in [3.63, 3.8) is 0 Å². The molecule has 1 fully saturated rings. The number of nitrogens with zero attached hydrogens (tertiary/aromatic N) is 3. The third kappa shape index (κ3) is 1.81.